The lowest BCUT2D eigenvalue weighted by Gasteiger charge is -1.99. The summed E-state index contributed by atoms with van der Waals surface area (Å²) in [4.78, 5) is 0.825. The second kappa shape index (κ2) is 2.66. The van der Waals surface area contributed by atoms with Gasteiger partial charge in [-0.05, 0) is 12.5 Å². The molecule has 0 bridgehead atoms. The van der Waals surface area contributed by atoms with Gasteiger partial charge in [-0.1, -0.05) is 12.2 Å². The van der Waals surface area contributed by atoms with Gasteiger partial charge in [0.25, 0.3) is 0 Å². The van der Waals surface area contributed by atoms with Crippen molar-refractivity contribution in [1.29, 1.82) is 0 Å². The summed E-state index contributed by atoms with van der Waals surface area (Å²) in [6.07, 6.45) is 3.79. The van der Waals surface area contributed by atoms with Gasteiger partial charge in [0.05, 0.1) is 11.8 Å². The highest BCUT2D eigenvalue weighted by Crippen LogP contribution is 2.15. The van der Waals surface area contributed by atoms with E-state index in [4.69, 9.17) is 16.6 Å². The standard InChI is InChI=1S/C8H9NOS/c11-8-6-3-5-10-7(6)2-1-4-9-8/h3,5H,1-2,4H2,(H,9,11). The van der Waals surface area contributed by atoms with E-state index in [9.17, 15) is 0 Å². The summed E-state index contributed by atoms with van der Waals surface area (Å²) in [5.74, 6) is 1.03. The van der Waals surface area contributed by atoms with Crippen LogP contribution in [0.25, 0.3) is 0 Å². The van der Waals surface area contributed by atoms with Crippen LogP contribution >= 0.6 is 12.2 Å². The van der Waals surface area contributed by atoms with Crippen LogP contribution in [0.4, 0.5) is 0 Å². The highest BCUT2D eigenvalue weighted by atomic mass is 32.1. The Labute approximate surface area is 70.6 Å². The lowest BCUT2D eigenvalue weighted by molar-refractivity contribution is 0.504. The van der Waals surface area contributed by atoms with Crippen LogP contribution in [0, 0.1) is 0 Å². The van der Waals surface area contributed by atoms with Gasteiger partial charge >= 0.3 is 0 Å². The van der Waals surface area contributed by atoms with E-state index >= 15 is 0 Å². The summed E-state index contributed by atoms with van der Waals surface area (Å²) in [5, 5.41) is 3.16. The van der Waals surface area contributed by atoms with Crippen LogP contribution < -0.4 is 5.32 Å². The molecule has 0 atom stereocenters. The molecule has 1 aliphatic heterocycles. The van der Waals surface area contributed by atoms with Gasteiger partial charge in [0, 0.05) is 13.0 Å². The first-order chi connectivity index (χ1) is 5.38. The lowest BCUT2D eigenvalue weighted by Crippen LogP contribution is -2.20. The number of fused-ring (bicyclic) bond motifs is 1. The largest absolute Gasteiger partial charge is 0.469 e. The molecule has 2 rings (SSSR count). The summed E-state index contributed by atoms with van der Waals surface area (Å²) in [5.41, 5.74) is 1.07. The van der Waals surface area contributed by atoms with Gasteiger partial charge in [-0.3, -0.25) is 0 Å². The molecule has 1 N–H and O–H groups in total. The summed E-state index contributed by atoms with van der Waals surface area (Å²) >= 11 is 5.13. The number of nitrogens with one attached hydrogen (secondary N) is 1. The summed E-state index contributed by atoms with van der Waals surface area (Å²) in [7, 11) is 0. The second-order valence-electron chi connectivity index (χ2n) is 2.62. The number of rotatable bonds is 0. The Bertz CT molecular complexity index is 279. The molecule has 1 aliphatic rings. The van der Waals surface area contributed by atoms with Gasteiger partial charge in [0.1, 0.15) is 10.7 Å². The van der Waals surface area contributed by atoms with Crippen molar-refractivity contribution >= 4 is 17.2 Å². The molecule has 3 heteroatoms. The molecule has 0 saturated carbocycles. The number of aryl methyl sites for hydroxylation is 1. The van der Waals surface area contributed by atoms with E-state index in [0.717, 1.165) is 35.7 Å². The minimum absolute atomic E-state index is 0.825. The van der Waals surface area contributed by atoms with Crippen molar-refractivity contribution in [2.75, 3.05) is 6.54 Å². The first kappa shape index (κ1) is 6.85. The van der Waals surface area contributed by atoms with Gasteiger partial charge in [0.15, 0.2) is 0 Å². The van der Waals surface area contributed by atoms with Gasteiger partial charge in [0.2, 0.25) is 0 Å². The van der Waals surface area contributed by atoms with Crippen molar-refractivity contribution in [2.45, 2.75) is 12.8 Å². The minimum atomic E-state index is 0.825. The van der Waals surface area contributed by atoms with E-state index in [1.54, 1.807) is 6.26 Å². The molecule has 1 aromatic heterocycles. The lowest BCUT2D eigenvalue weighted by atomic mass is 10.2. The molecular formula is C8H9NOS. The van der Waals surface area contributed by atoms with Crippen molar-refractivity contribution in [3.05, 3.63) is 23.7 Å². The van der Waals surface area contributed by atoms with E-state index in [1.165, 1.54) is 0 Å². The summed E-state index contributed by atoms with van der Waals surface area (Å²) in [6, 6.07) is 1.93. The van der Waals surface area contributed by atoms with E-state index in [-0.39, 0.29) is 0 Å². The summed E-state index contributed by atoms with van der Waals surface area (Å²) in [6.45, 7) is 0.961. The maximum Gasteiger partial charge on any atom is 0.113 e. The normalized spacial score (nSPS) is 16.9. The van der Waals surface area contributed by atoms with E-state index in [2.05, 4.69) is 5.32 Å². The van der Waals surface area contributed by atoms with Crippen LogP contribution in [0.15, 0.2) is 16.7 Å². The van der Waals surface area contributed by atoms with E-state index in [1.807, 2.05) is 6.07 Å². The number of hydrogen-bond donors (Lipinski definition) is 1. The third kappa shape index (κ3) is 1.16. The molecule has 0 amide bonds. The van der Waals surface area contributed by atoms with Crippen molar-refractivity contribution in [2.24, 2.45) is 0 Å². The fourth-order valence-electron chi connectivity index (χ4n) is 1.28. The molecule has 0 fully saturated rings. The Morgan fingerprint density at radius 2 is 2.45 bits per heavy atom. The Morgan fingerprint density at radius 1 is 1.55 bits per heavy atom. The topological polar surface area (TPSA) is 25.2 Å². The molecule has 1 aromatic rings. The fourth-order valence-corrected chi connectivity index (χ4v) is 1.57. The molecule has 2 heterocycles. The molecular weight excluding hydrogens is 158 g/mol. The van der Waals surface area contributed by atoms with E-state index < -0.39 is 0 Å². The fraction of sp³-hybridized carbons (Fsp3) is 0.375. The summed E-state index contributed by atoms with van der Waals surface area (Å²) < 4.78 is 5.28. The molecule has 11 heavy (non-hydrogen) atoms. The Hall–Kier alpha value is -0.830. The Morgan fingerprint density at radius 3 is 3.36 bits per heavy atom. The van der Waals surface area contributed by atoms with Gasteiger partial charge in [-0.25, -0.2) is 0 Å². The third-order valence-corrected chi connectivity index (χ3v) is 2.22. The average Bonchev–Trinajstić information content (AvgIpc) is 2.40. The van der Waals surface area contributed by atoms with Crippen LogP contribution in [0.2, 0.25) is 0 Å². The SMILES string of the molecule is S=C1NCCCc2occc21. The van der Waals surface area contributed by atoms with Crippen molar-refractivity contribution in [3.63, 3.8) is 0 Å². The van der Waals surface area contributed by atoms with Crippen LogP contribution in [0.5, 0.6) is 0 Å². The molecule has 0 spiro atoms. The average molecular weight is 167 g/mol. The number of hydrogen-bond acceptors (Lipinski definition) is 2. The number of thiocarbonyl (C=S) groups is 1. The Kier molecular flexibility index (Phi) is 1.66. The predicted molar refractivity (Wildman–Crippen MR) is 46.7 cm³/mol. The highest BCUT2D eigenvalue weighted by Gasteiger charge is 2.13. The molecule has 2 nitrogen and oxygen atoms in total. The number of furan rings is 1. The third-order valence-electron chi connectivity index (χ3n) is 1.86. The first-order valence-electron chi connectivity index (χ1n) is 3.72. The van der Waals surface area contributed by atoms with Crippen molar-refractivity contribution in [3.8, 4) is 0 Å². The van der Waals surface area contributed by atoms with Crippen molar-refractivity contribution < 1.29 is 4.42 Å². The van der Waals surface area contributed by atoms with Crippen LogP contribution in [-0.4, -0.2) is 11.5 Å². The zero-order chi connectivity index (χ0) is 7.68. The highest BCUT2D eigenvalue weighted by molar-refractivity contribution is 7.80. The molecule has 0 aromatic carbocycles. The maximum atomic E-state index is 5.28. The second-order valence-corrected chi connectivity index (χ2v) is 3.03. The van der Waals surface area contributed by atoms with Gasteiger partial charge in [-0.2, -0.15) is 0 Å². The monoisotopic (exact) mass is 167 g/mol. The van der Waals surface area contributed by atoms with Gasteiger partial charge < -0.3 is 9.73 Å². The zero-order valence-corrected chi connectivity index (χ0v) is 6.91. The zero-order valence-electron chi connectivity index (χ0n) is 6.09. The Balaban J connectivity index is 2.41. The predicted octanol–water partition coefficient (Wildman–Crippen LogP) is 1.49. The molecule has 0 radical (unpaired) electrons. The van der Waals surface area contributed by atoms with Gasteiger partial charge in [-0.15, -0.1) is 0 Å². The minimum Gasteiger partial charge on any atom is -0.469 e. The van der Waals surface area contributed by atoms with E-state index in [0.29, 0.717) is 0 Å². The molecule has 0 aliphatic carbocycles. The van der Waals surface area contributed by atoms with Crippen molar-refractivity contribution in [1.82, 2.24) is 5.32 Å². The molecule has 58 valence electrons. The van der Waals surface area contributed by atoms with Crippen LogP contribution in [-0.2, 0) is 6.42 Å². The first-order valence-corrected chi connectivity index (χ1v) is 4.13. The van der Waals surface area contributed by atoms with Crippen LogP contribution in [0.1, 0.15) is 17.7 Å². The molecule has 0 unspecified atom stereocenters. The smallest absolute Gasteiger partial charge is 0.113 e. The quantitative estimate of drug-likeness (QED) is 0.593. The van der Waals surface area contributed by atoms with Crippen LogP contribution in [0.3, 0.4) is 0 Å². The molecule has 0 saturated heterocycles. The maximum absolute atomic E-state index is 5.28.